The van der Waals surface area contributed by atoms with Gasteiger partial charge in [-0.15, -0.1) is 0 Å². The average Bonchev–Trinajstić information content (AvgIpc) is 3.34. The van der Waals surface area contributed by atoms with Crippen LogP contribution in [-0.2, 0) is 20.7 Å². The predicted octanol–water partition coefficient (Wildman–Crippen LogP) is 1.85. The lowest BCUT2D eigenvalue weighted by atomic mass is 10.0. The molecule has 1 aliphatic carbocycles. The highest BCUT2D eigenvalue weighted by atomic mass is 16.5. The molecule has 2 aliphatic heterocycles. The first-order chi connectivity index (χ1) is 13.0. The summed E-state index contributed by atoms with van der Waals surface area (Å²) in [6, 6.07) is 0.288. The van der Waals surface area contributed by atoms with E-state index in [1.807, 2.05) is 18.7 Å². The highest BCUT2D eigenvalue weighted by molar-refractivity contribution is 5.82. The normalized spacial score (nSPS) is 23.6. The zero-order valence-corrected chi connectivity index (χ0v) is 16.3. The number of ether oxygens (including phenoxy) is 1. The SMILES string of the molecule is Cc1noc(C)c1CC(=O)N(C1CCOCC1)C1CCN(C(=O)C2CC2)C1. The van der Waals surface area contributed by atoms with Gasteiger partial charge in [0.2, 0.25) is 11.8 Å². The molecular formula is C20H29N3O4. The Labute approximate surface area is 160 Å². The molecular weight excluding hydrogens is 346 g/mol. The molecule has 0 aromatic carbocycles. The van der Waals surface area contributed by atoms with Crippen LogP contribution in [0, 0.1) is 19.8 Å². The van der Waals surface area contributed by atoms with Crippen LogP contribution in [0.2, 0.25) is 0 Å². The highest BCUT2D eigenvalue weighted by Crippen LogP contribution is 2.33. The molecule has 1 aromatic heterocycles. The molecule has 7 heteroatoms. The van der Waals surface area contributed by atoms with Crippen LogP contribution in [-0.4, -0.2) is 65.2 Å². The summed E-state index contributed by atoms with van der Waals surface area (Å²) in [7, 11) is 0. The largest absolute Gasteiger partial charge is 0.381 e. The molecule has 3 heterocycles. The van der Waals surface area contributed by atoms with Gasteiger partial charge in [-0.05, 0) is 46.0 Å². The van der Waals surface area contributed by atoms with E-state index >= 15 is 0 Å². The van der Waals surface area contributed by atoms with Crippen molar-refractivity contribution < 1.29 is 18.8 Å². The van der Waals surface area contributed by atoms with Gasteiger partial charge in [0.05, 0.1) is 18.2 Å². The van der Waals surface area contributed by atoms with Crippen molar-refractivity contribution in [2.24, 2.45) is 5.92 Å². The molecule has 1 aromatic rings. The predicted molar refractivity (Wildman–Crippen MR) is 98.1 cm³/mol. The van der Waals surface area contributed by atoms with Gasteiger partial charge < -0.3 is 19.1 Å². The summed E-state index contributed by atoms with van der Waals surface area (Å²) >= 11 is 0. The summed E-state index contributed by atoms with van der Waals surface area (Å²) in [6.45, 7) is 6.54. The van der Waals surface area contributed by atoms with Gasteiger partial charge in [-0.25, -0.2) is 0 Å². The second-order valence-corrected chi connectivity index (χ2v) is 8.13. The third-order valence-corrected chi connectivity index (χ3v) is 6.18. The van der Waals surface area contributed by atoms with Crippen molar-refractivity contribution in [3.8, 4) is 0 Å². The maximum atomic E-state index is 13.3. The fraction of sp³-hybridized carbons (Fsp3) is 0.750. The van der Waals surface area contributed by atoms with E-state index in [1.54, 1.807) is 0 Å². The Morgan fingerprint density at radius 3 is 2.48 bits per heavy atom. The van der Waals surface area contributed by atoms with Gasteiger partial charge in [-0.2, -0.15) is 0 Å². The first-order valence-electron chi connectivity index (χ1n) is 10.1. The summed E-state index contributed by atoms with van der Waals surface area (Å²) in [5, 5.41) is 3.98. The Bertz CT molecular complexity index is 687. The van der Waals surface area contributed by atoms with Crippen molar-refractivity contribution in [2.45, 2.75) is 64.5 Å². The fourth-order valence-corrected chi connectivity index (χ4v) is 4.42. The van der Waals surface area contributed by atoms with E-state index in [0.717, 1.165) is 49.9 Å². The maximum Gasteiger partial charge on any atom is 0.227 e. The van der Waals surface area contributed by atoms with E-state index in [1.165, 1.54) is 0 Å². The number of carbonyl (C=O) groups excluding carboxylic acids is 2. The number of amides is 2. The first-order valence-corrected chi connectivity index (χ1v) is 10.1. The van der Waals surface area contributed by atoms with Crippen LogP contribution in [0.15, 0.2) is 4.52 Å². The van der Waals surface area contributed by atoms with Crippen molar-refractivity contribution in [3.05, 3.63) is 17.0 Å². The summed E-state index contributed by atoms with van der Waals surface area (Å²) in [5.74, 6) is 1.34. The molecule has 0 spiro atoms. The molecule has 1 atom stereocenters. The number of rotatable bonds is 5. The first kappa shape index (κ1) is 18.5. The van der Waals surface area contributed by atoms with Gasteiger partial charge in [0.1, 0.15) is 5.76 Å². The van der Waals surface area contributed by atoms with E-state index in [9.17, 15) is 9.59 Å². The minimum atomic E-state index is 0.101. The quantitative estimate of drug-likeness (QED) is 0.785. The number of hydrogen-bond acceptors (Lipinski definition) is 5. The zero-order chi connectivity index (χ0) is 19.0. The Hall–Kier alpha value is -1.89. The van der Waals surface area contributed by atoms with Gasteiger partial charge >= 0.3 is 0 Å². The lowest BCUT2D eigenvalue weighted by Gasteiger charge is -2.38. The summed E-state index contributed by atoms with van der Waals surface area (Å²) in [5.41, 5.74) is 1.67. The molecule has 0 bridgehead atoms. The van der Waals surface area contributed by atoms with Crippen molar-refractivity contribution in [1.82, 2.24) is 15.0 Å². The Morgan fingerprint density at radius 1 is 1.11 bits per heavy atom. The van der Waals surface area contributed by atoms with Crippen LogP contribution in [0.5, 0.6) is 0 Å². The molecule has 7 nitrogen and oxygen atoms in total. The number of carbonyl (C=O) groups is 2. The molecule has 1 unspecified atom stereocenters. The van der Waals surface area contributed by atoms with Crippen molar-refractivity contribution in [3.63, 3.8) is 0 Å². The molecule has 4 rings (SSSR count). The van der Waals surface area contributed by atoms with Crippen LogP contribution in [0.4, 0.5) is 0 Å². The van der Waals surface area contributed by atoms with Gasteiger partial charge in [0.25, 0.3) is 0 Å². The molecule has 2 saturated heterocycles. The number of hydrogen-bond donors (Lipinski definition) is 0. The summed E-state index contributed by atoms with van der Waals surface area (Å²) < 4.78 is 10.7. The molecule has 3 fully saturated rings. The second kappa shape index (κ2) is 7.62. The van der Waals surface area contributed by atoms with E-state index in [4.69, 9.17) is 9.26 Å². The number of aryl methyl sites for hydroxylation is 2. The van der Waals surface area contributed by atoms with E-state index < -0.39 is 0 Å². The van der Waals surface area contributed by atoms with Crippen LogP contribution in [0.25, 0.3) is 0 Å². The number of nitrogens with zero attached hydrogens (tertiary/aromatic N) is 3. The fourth-order valence-electron chi connectivity index (χ4n) is 4.42. The van der Waals surface area contributed by atoms with Gasteiger partial charge in [0, 0.05) is 43.8 Å². The molecule has 0 radical (unpaired) electrons. The van der Waals surface area contributed by atoms with Crippen LogP contribution in [0.3, 0.4) is 0 Å². The van der Waals surface area contributed by atoms with E-state index in [2.05, 4.69) is 10.1 Å². The maximum absolute atomic E-state index is 13.3. The van der Waals surface area contributed by atoms with Crippen LogP contribution >= 0.6 is 0 Å². The van der Waals surface area contributed by atoms with Gasteiger partial charge in [-0.3, -0.25) is 9.59 Å². The van der Waals surface area contributed by atoms with E-state index in [0.29, 0.717) is 31.9 Å². The highest BCUT2D eigenvalue weighted by Gasteiger charge is 2.41. The minimum absolute atomic E-state index is 0.101. The number of aromatic nitrogens is 1. The number of likely N-dealkylation sites (tertiary alicyclic amines) is 1. The molecule has 27 heavy (non-hydrogen) atoms. The molecule has 148 valence electrons. The molecule has 2 amide bonds. The Balaban J connectivity index is 1.50. The Kier molecular flexibility index (Phi) is 5.21. The van der Waals surface area contributed by atoms with Gasteiger partial charge in [-0.1, -0.05) is 5.16 Å². The van der Waals surface area contributed by atoms with Crippen molar-refractivity contribution >= 4 is 11.8 Å². The standard InChI is InChI=1S/C20H29N3O4/c1-13-18(14(2)27-21-13)11-19(24)23(16-6-9-26-10-7-16)17-5-8-22(12-17)20(25)15-3-4-15/h15-17H,3-12H2,1-2H3. The lowest BCUT2D eigenvalue weighted by molar-refractivity contribution is -0.139. The van der Waals surface area contributed by atoms with Crippen LogP contribution in [0.1, 0.15) is 49.1 Å². The third kappa shape index (κ3) is 3.88. The topological polar surface area (TPSA) is 75.9 Å². The van der Waals surface area contributed by atoms with Crippen molar-refractivity contribution in [1.29, 1.82) is 0 Å². The van der Waals surface area contributed by atoms with Gasteiger partial charge in [0.15, 0.2) is 0 Å². The summed E-state index contributed by atoms with van der Waals surface area (Å²) in [4.78, 5) is 29.8. The monoisotopic (exact) mass is 375 g/mol. The van der Waals surface area contributed by atoms with Crippen molar-refractivity contribution in [2.75, 3.05) is 26.3 Å². The molecule has 3 aliphatic rings. The average molecular weight is 375 g/mol. The minimum Gasteiger partial charge on any atom is -0.381 e. The second-order valence-electron chi connectivity index (χ2n) is 8.13. The Morgan fingerprint density at radius 2 is 1.85 bits per heavy atom. The third-order valence-electron chi connectivity index (χ3n) is 6.18. The lowest BCUT2D eigenvalue weighted by Crippen LogP contribution is -2.51. The molecule has 1 saturated carbocycles. The summed E-state index contributed by atoms with van der Waals surface area (Å²) in [6.07, 6.45) is 4.94. The molecule has 0 N–H and O–H groups in total. The smallest absolute Gasteiger partial charge is 0.227 e. The zero-order valence-electron chi connectivity index (χ0n) is 16.3. The van der Waals surface area contributed by atoms with Crippen LogP contribution < -0.4 is 0 Å². The van der Waals surface area contributed by atoms with E-state index in [-0.39, 0.29) is 29.8 Å².